The van der Waals surface area contributed by atoms with Crippen molar-refractivity contribution >= 4 is 34.8 Å². The Labute approximate surface area is 185 Å². The molecule has 0 unspecified atom stereocenters. The molecule has 0 saturated carbocycles. The van der Waals surface area contributed by atoms with Crippen molar-refractivity contribution in [3.8, 4) is 5.75 Å². The van der Waals surface area contributed by atoms with E-state index in [2.05, 4.69) is 15.8 Å². The minimum Gasteiger partial charge on any atom is -0.489 e. The number of nitrogens with zero attached hydrogens (tertiary/aromatic N) is 1. The fourth-order valence-corrected chi connectivity index (χ4v) is 2.82. The molecule has 0 bridgehead atoms. The first-order chi connectivity index (χ1) is 14.9. The topological polar surface area (TPSA) is 79.8 Å². The number of para-hydroxylation sites is 1. The molecule has 0 aliphatic rings. The third-order valence-electron chi connectivity index (χ3n) is 4.45. The number of benzene rings is 3. The molecule has 7 heteroatoms. The van der Waals surface area contributed by atoms with Crippen molar-refractivity contribution in [2.75, 3.05) is 5.32 Å². The van der Waals surface area contributed by atoms with E-state index in [0.717, 1.165) is 16.9 Å². The number of ether oxygens (including phenoxy) is 1. The van der Waals surface area contributed by atoms with Crippen LogP contribution in [0.2, 0.25) is 5.02 Å². The first kappa shape index (κ1) is 22.1. The van der Waals surface area contributed by atoms with Gasteiger partial charge in [-0.25, -0.2) is 5.43 Å². The maximum absolute atomic E-state index is 12.0. The quantitative estimate of drug-likeness (QED) is 0.334. The molecule has 6 nitrogen and oxygen atoms in total. The van der Waals surface area contributed by atoms with Gasteiger partial charge in [0.1, 0.15) is 12.4 Å². The molecule has 0 saturated heterocycles. The van der Waals surface area contributed by atoms with Gasteiger partial charge in [0, 0.05) is 0 Å². The van der Waals surface area contributed by atoms with Gasteiger partial charge in [-0.1, -0.05) is 53.6 Å². The van der Waals surface area contributed by atoms with Gasteiger partial charge in [0.15, 0.2) is 0 Å². The maximum atomic E-state index is 12.0. The minimum atomic E-state index is -0.891. The zero-order chi connectivity index (χ0) is 22.2. The number of carbonyl (C=O) groups excluding carboxylic acids is 2. The summed E-state index contributed by atoms with van der Waals surface area (Å²) >= 11 is 5.97. The van der Waals surface area contributed by atoms with Crippen molar-refractivity contribution in [2.45, 2.75) is 20.5 Å². The number of amides is 2. The van der Waals surface area contributed by atoms with E-state index in [-0.39, 0.29) is 0 Å². The van der Waals surface area contributed by atoms with Crippen LogP contribution in [0.1, 0.15) is 23.6 Å². The van der Waals surface area contributed by atoms with Gasteiger partial charge >= 0.3 is 11.8 Å². The summed E-state index contributed by atoms with van der Waals surface area (Å²) in [5.41, 5.74) is 6.23. The summed E-state index contributed by atoms with van der Waals surface area (Å²) in [7, 11) is 0. The van der Waals surface area contributed by atoms with Gasteiger partial charge in [0.2, 0.25) is 0 Å². The molecular formula is C24H22ClN3O3. The van der Waals surface area contributed by atoms with Crippen LogP contribution in [0.5, 0.6) is 5.75 Å². The molecule has 0 aromatic heterocycles. The highest BCUT2D eigenvalue weighted by molar-refractivity contribution is 6.41. The van der Waals surface area contributed by atoms with Gasteiger partial charge in [0.25, 0.3) is 0 Å². The molecule has 0 radical (unpaired) electrons. The van der Waals surface area contributed by atoms with Crippen LogP contribution < -0.4 is 15.5 Å². The van der Waals surface area contributed by atoms with Crippen molar-refractivity contribution in [3.63, 3.8) is 0 Å². The van der Waals surface area contributed by atoms with Crippen LogP contribution in [0.4, 0.5) is 5.69 Å². The molecule has 0 aliphatic carbocycles. The second kappa shape index (κ2) is 10.4. The Morgan fingerprint density at radius 1 is 0.935 bits per heavy atom. The Morgan fingerprint density at radius 3 is 2.29 bits per heavy atom. The fourth-order valence-electron chi connectivity index (χ4n) is 2.63. The summed E-state index contributed by atoms with van der Waals surface area (Å²) in [5, 5.41) is 6.78. The molecule has 2 N–H and O–H groups in total. The number of hydrogen-bond acceptors (Lipinski definition) is 4. The van der Waals surface area contributed by atoms with Crippen molar-refractivity contribution < 1.29 is 14.3 Å². The Hall–Kier alpha value is -3.64. The Morgan fingerprint density at radius 2 is 1.61 bits per heavy atom. The van der Waals surface area contributed by atoms with Crippen molar-refractivity contribution in [3.05, 3.63) is 94.5 Å². The van der Waals surface area contributed by atoms with E-state index in [9.17, 15) is 9.59 Å². The van der Waals surface area contributed by atoms with Gasteiger partial charge < -0.3 is 10.1 Å². The molecule has 0 heterocycles. The Balaban J connectivity index is 1.53. The number of carbonyl (C=O) groups is 2. The van der Waals surface area contributed by atoms with Crippen molar-refractivity contribution in [2.24, 2.45) is 5.10 Å². The summed E-state index contributed by atoms with van der Waals surface area (Å²) in [5.74, 6) is -1.03. The predicted molar refractivity (Wildman–Crippen MR) is 122 cm³/mol. The van der Waals surface area contributed by atoms with Crippen LogP contribution >= 0.6 is 11.6 Å². The van der Waals surface area contributed by atoms with E-state index in [0.29, 0.717) is 23.0 Å². The zero-order valence-electron chi connectivity index (χ0n) is 17.2. The SMILES string of the molecule is C/C(=N\NC(=O)C(=O)Nc1ccccc1Cl)c1ccc(OCc2ccc(C)cc2)cc1. The highest BCUT2D eigenvalue weighted by Crippen LogP contribution is 2.20. The lowest BCUT2D eigenvalue weighted by Gasteiger charge is -2.08. The second-order valence-electron chi connectivity index (χ2n) is 6.87. The van der Waals surface area contributed by atoms with Crippen LogP contribution in [0.25, 0.3) is 0 Å². The molecule has 3 aromatic carbocycles. The number of hydrogen-bond donors (Lipinski definition) is 2. The number of hydrazone groups is 1. The molecule has 2 amide bonds. The van der Waals surface area contributed by atoms with Crippen LogP contribution in [0.15, 0.2) is 77.9 Å². The van der Waals surface area contributed by atoms with Gasteiger partial charge in [-0.15, -0.1) is 0 Å². The Kier molecular flexibility index (Phi) is 7.40. The van der Waals surface area contributed by atoms with Gasteiger partial charge in [-0.05, 0) is 61.4 Å². The largest absolute Gasteiger partial charge is 0.489 e. The average Bonchev–Trinajstić information content (AvgIpc) is 2.78. The third-order valence-corrected chi connectivity index (χ3v) is 4.78. The molecule has 3 rings (SSSR count). The summed E-state index contributed by atoms with van der Waals surface area (Å²) in [6.45, 7) is 4.25. The van der Waals surface area contributed by atoms with Gasteiger partial charge in [-0.2, -0.15) is 5.10 Å². The lowest BCUT2D eigenvalue weighted by Crippen LogP contribution is -2.33. The number of nitrogens with one attached hydrogen (secondary N) is 2. The lowest BCUT2D eigenvalue weighted by molar-refractivity contribution is -0.136. The van der Waals surface area contributed by atoms with Crippen molar-refractivity contribution in [1.29, 1.82) is 0 Å². The van der Waals surface area contributed by atoms with Crippen LogP contribution in [-0.2, 0) is 16.2 Å². The summed E-state index contributed by atoms with van der Waals surface area (Å²) in [6.07, 6.45) is 0. The smallest absolute Gasteiger partial charge is 0.329 e. The second-order valence-corrected chi connectivity index (χ2v) is 7.28. The van der Waals surface area contributed by atoms with E-state index >= 15 is 0 Å². The lowest BCUT2D eigenvalue weighted by atomic mass is 10.1. The highest BCUT2D eigenvalue weighted by atomic mass is 35.5. The van der Waals surface area contributed by atoms with Gasteiger partial charge in [0.05, 0.1) is 16.4 Å². The number of aryl methyl sites for hydroxylation is 1. The summed E-state index contributed by atoms with van der Waals surface area (Å²) in [4.78, 5) is 24.0. The Bertz CT molecular complexity index is 1090. The minimum absolute atomic E-state index is 0.341. The summed E-state index contributed by atoms with van der Waals surface area (Å²) < 4.78 is 5.79. The molecule has 0 fully saturated rings. The predicted octanol–water partition coefficient (Wildman–Crippen LogP) is 4.71. The zero-order valence-corrected chi connectivity index (χ0v) is 17.9. The van der Waals surface area contributed by atoms with E-state index < -0.39 is 11.8 Å². The third kappa shape index (κ3) is 6.42. The normalized spacial score (nSPS) is 11.0. The van der Waals surface area contributed by atoms with Crippen LogP contribution in [0, 0.1) is 6.92 Å². The van der Waals surface area contributed by atoms with E-state index in [1.165, 1.54) is 5.56 Å². The molecule has 0 atom stereocenters. The number of rotatable bonds is 6. The fraction of sp³-hybridized carbons (Fsp3) is 0.125. The first-order valence-corrected chi connectivity index (χ1v) is 9.99. The molecular weight excluding hydrogens is 414 g/mol. The van der Waals surface area contributed by atoms with E-state index in [1.54, 1.807) is 31.2 Å². The van der Waals surface area contributed by atoms with E-state index in [1.807, 2.05) is 55.5 Å². The highest BCUT2D eigenvalue weighted by Gasteiger charge is 2.14. The van der Waals surface area contributed by atoms with Crippen LogP contribution in [-0.4, -0.2) is 17.5 Å². The average molecular weight is 436 g/mol. The molecule has 0 spiro atoms. The van der Waals surface area contributed by atoms with Crippen LogP contribution in [0.3, 0.4) is 0 Å². The standard InChI is InChI=1S/C24H22ClN3O3/c1-16-7-9-18(10-8-16)15-31-20-13-11-19(12-14-20)17(2)27-28-24(30)23(29)26-22-6-4-3-5-21(22)25/h3-14H,15H2,1-2H3,(H,26,29)(H,28,30)/b27-17+. The number of halogens is 1. The molecule has 31 heavy (non-hydrogen) atoms. The molecule has 0 aliphatic heterocycles. The molecule has 158 valence electrons. The first-order valence-electron chi connectivity index (χ1n) is 9.61. The molecule has 3 aromatic rings. The van der Waals surface area contributed by atoms with E-state index in [4.69, 9.17) is 16.3 Å². The monoisotopic (exact) mass is 435 g/mol. The van der Waals surface area contributed by atoms with Gasteiger partial charge in [-0.3, -0.25) is 9.59 Å². The maximum Gasteiger partial charge on any atom is 0.329 e. The van der Waals surface area contributed by atoms with Crippen molar-refractivity contribution in [1.82, 2.24) is 5.43 Å². The number of anilines is 1. The summed E-state index contributed by atoms with van der Waals surface area (Å²) in [6, 6.07) is 22.1.